The molecule has 2 aromatic rings. The average molecular weight is 398 g/mol. The van der Waals surface area contributed by atoms with Gasteiger partial charge in [0.15, 0.2) is 0 Å². The summed E-state index contributed by atoms with van der Waals surface area (Å²) in [6.45, 7) is 3.04. The van der Waals surface area contributed by atoms with Crippen LogP contribution in [0.1, 0.15) is 12.5 Å². The second-order valence-electron chi connectivity index (χ2n) is 5.54. The molecule has 0 spiro atoms. The number of aryl methyl sites for hydroxylation is 1. The number of halogens is 1. The molecule has 138 valence electrons. The Morgan fingerprint density at radius 2 is 1.81 bits per heavy atom. The van der Waals surface area contributed by atoms with Crippen LogP contribution in [0.3, 0.4) is 0 Å². The maximum atomic E-state index is 12.3. The topological polar surface area (TPSA) is 118 Å². The largest absolute Gasteiger partial charge is 0.324 e. The minimum Gasteiger partial charge on any atom is -0.324 e. The summed E-state index contributed by atoms with van der Waals surface area (Å²) in [6.07, 6.45) is 0. The minimum atomic E-state index is -3.92. The number of sulfonamides is 1. The Morgan fingerprint density at radius 1 is 1.19 bits per heavy atom. The lowest BCUT2D eigenvalue weighted by atomic mass is 10.1. The molecule has 1 atom stereocenters. The quantitative estimate of drug-likeness (QED) is 0.573. The molecule has 0 bridgehead atoms. The summed E-state index contributed by atoms with van der Waals surface area (Å²) in [5.41, 5.74) is 0.666. The number of amides is 1. The number of nitrogens with zero attached hydrogens (tertiary/aromatic N) is 1. The van der Waals surface area contributed by atoms with Crippen molar-refractivity contribution >= 4 is 38.9 Å². The molecule has 0 fully saturated rings. The molecule has 1 amide bonds. The lowest BCUT2D eigenvalue weighted by molar-refractivity contribution is -0.384. The van der Waals surface area contributed by atoms with Gasteiger partial charge in [0.1, 0.15) is 0 Å². The Morgan fingerprint density at radius 3 is 2.38 bits per heavy atom. The van der Waals surface area contributed by atoms with Gasteiger partial charge in [-0.2, -0.15) is 4.72 Å². The van der Waals surface area contributed by atoms with Crippen molar-refractivity contribution in [1.82, 2.24) is 4.72 Å². The van der Waals surface area contributed by atoms with Gasteiger partial charge < -0.3 is 5.32 Å². The summed E-state index contributed by atoms with van der Waals surface area (Å²) >= 11 is 5.73. The van der Waals surface area contributed by atoms with Crippen LogP contribution in [0.15, 0.2) is 47.4 Å². The van der Waals surface area contributed by atoms with Crippen LogP contribution >= 0.6 is 11.6 Å². The van der Waals surface area contributed by atoms with Gasteiger partial charge in [0.2, 0.25) is 15.9 Å². The molecular weight excluding hydrogens is 382 g/mol. The maximum absolute atomic E-state index is 12.3. The number of anilines is 1. The smallest absolute Gasteiger partial charge is 0.271 e. The fourth-order valence-corrected chi connectivity index (χ4v) is 3.40. The van der Waals surface area contributed by atoms with Gasteiger partial charge in [-0.3, -0.25) is 14.9 Å². The maximum Gasteiger partial charge on any atom is 0.271 e. The number of nitro groups is 1. The Balaban J connectivity index is 2.14. The number of hydrogen-bond donors (Lipinski definition) is 2. The van der Waals surface area contributed by atoms with E-state index in [1.165, 1.54) is 49.4 Å². The lowest BCUT2D eigenvalue weighted by Gasteiger charge is -2.15. The third-order valence-corrected chi connectivity index (χ3v) is 5.35. The highest BCUT2D eigenvalue weighted by atomic mass is 35.5. The molecule has 2 aromatic carbocycles. The Hall–Kier alpha value is -2.49. The summed E-state index contributed by atoms with van der Waals surface area (Å²) in [6, 6.07) is 8.41. The Labute approximate surface area is 155 Å². The van der Waals surface area contributed by atoms with Gasteiger partial charge >= 0.3 is 0 Å². The first-order valence-electron chi connectivity index (χ1n) is 7.44. The van der Waals surface area contributed by atoms with Gasteiger partial charge in [-0.1, -0.05) is 17.7 Å². The van der Waals surface area contributed by atoms with E-state index in [-0.39, 0.29) is 16.3 Å². The fourth-order valence-electron chi connectivity index (χ4n) is 2.07. The van der Waals surface area contributed by atoms with Crippen molar-refractivity contribution < 1.29 is 18.1 Å². The van der Waals surface area contributed by atoms with E-state index in [4.69, 9.17) is 11.6 Å². The van der Waals surface area contributed by atoms with Crippen LogP contribution in [-0.2, 0) is 14.8 Å². The van der Waals surface area contributed by atoms with E-state index in [0.717, 1.165) is 0 Å². The molecule has 0 heterocycles. The van der Waals surface area contributed by atoms with Crippen molar-refractivity contribution in [3.05, 3.63) is 63.2 Å². The molecule has 0 aromatic heterocycles. The Kier molecular flexibility index (Phi) is 5.96. The first-order valence-corrected chi connectivity index (χ1v) is 9.30. The van der Waals surface area contributed by atoms with Crippen LogP contribution in [0.4, 0.5) is 11.4 Å². The van der Waals surface area contributed by atoms with Crippen LogP contribution in [0.2, 0.25) is 5.02 Å². The van der Waals surface area contributed by atoms with Gasteiger partial charge in [-0.25, -0.2) is 8.42 Å². The van der Waals surface area contributed by atoms with Crippen molar-refractivity contribution in [2.24, 2.45) is 0 Å². The molecule has 2 rings (SSSR count). The van der Waals surface area contributed by atoms with Gasteiger partial charge in [0.05, 0.1) is 21.5 Å². The van der Waals surface area contributed by atoms with E-state index < -0.39 is 26.9 Å². The molecule has 0 saturated carbocycles. The molecule has 26 heavy (non-hydrogen) atoms. The van der Waals surface area contributed by atoms with E-state index in [1.807, 2.05) is 0 Å². The van der Waals surface area contributed by atoms with Crippen LogP contribution in [0.5, 0.6) is 0 Å². The predicted molar refractivity (Wildman–Crippen MR) is 97.7 cm³/mol. The second-order valence-corrected chi connectivity index (χ2v) is 7.69. The third kappa shape index (κ3) is 4.78. The van der Waals surface area contributed by atoms with E-state index in [0.29, 0.717) is 10.6 Å². The monoisotopic (exact) mass is 397 g/mol. The molecule has 0 radical (unpaired) electrons. The number of hydrogen-bond acceptors (Lipinski definition) is 5. The SMILES string of the molecule is Cc1ccc([N+](=O)[O-])cc1NC(=O)[C@@H](C)NS(=O)(=O)c1ccc(Cl)cc1. The molecule has 0 saturated heterocycles. The molecule has 0 aliphatic carbocycles. The van der Waals surface area contributed by atoms with Crippen LogP contribution in [-0.4, -0.2) is 25.3 Å². The Bertz CT molecular complexity index is 945. The van der Waals surface area contributed by atoms with Gasteiger partial charge in [0.25, 0.3) is 5.69 Å². The van der Waals surface area contributed by atoms with Gasteiger partial charge in [-0.15, -0.1) is 0 Å². The van der Waals surface area contributed by atoms with Crippen molar-refractivity contribution in [2.75, 3.05) is 5.32 Å². The number of benzene rings is 2. The zero-order valence-corrected chi connectivity index (χ0v) is 15.5. The van der Waals surface area contributed by atoms with Crippen LogP contribution in [0.25, 0.3) is 0 Å². The summed E-state index contributed by atoms with van der Waals surface area (Å²) in [5.74, 6) is -0.647. The summed E-state index contributed by atoms with van der Waals surface area (Å²) in [5, 5.41) is 13.7. The minimum absolute atomic E-state index is 0.0342. The van der Waals surface area contributed by atoms with Crippen LogP contribution in [0, 0.1) is 17.0 Å². The summed E-state index contributed by atoms with van der Waals surface area (Å²) in [7, 11) is -3.92. The van der Waals surface area contributed by atoms with Gasteiger partial charge in [0, 0.05) is 17.2 Å². The van der Waals surface area contributed by atoms with E-state index in [9.17, 15) is 23.3 Å². The number of carbonyl (C=O) groups is 1. The standard InChI is InChI=1S/C16H16ClN3O5S/c1-10-3-6-13(20(22)23)9-15(10)18-16(21)11(2)19-26(24,25)14-7-4-12(17)5-8-14/h3-9,11,19H,1-2H3,(H,18,21)/t11-/m1/s1. The fraction of sp³-hybridized carbons (Fsp3) is 0.188. The molecule has 2 N–H and O–H groups in total. The molecular formula is C16H16ClN3O5S. The van der Waals surface area contributed by atoms with E-state index in [1.54, 1.807) is 6.92 Å². The third-order valence-electron chi connectivity index (χ3n) is 3.54. The zero-order valence-electron chi connectivity index (χ0n) is 13.9. The number of carbonyl (C=O) groups excluding carboxylic acids is 1. The highest BCUT2D eigenvalue weighted by Gasteiger charge is 2.23. The van der Waals surface area contributed by atoms with Crippen LogP contribution < -0.4 is 10.0 Å². The van der Waals surface area contributed by atoms with Crippen molar-refractivity contribution in [1.29, 1.82) is 0 Å². The first kappa shape index (κ1) is 19.8. The molecule has 10 heteroatoms. The summed E-state index contributed by atoms with van der Waals surface area (Å²) in [4.78, 5) is 22.5. The molecule has 0 aliphatic rings. The normalized spacial score (nSPS) is 12.4. The highest BCUT2D eigenvalue weighted by Crippen LogP contribution is 2.22. The van der Waals surface area contributed by atoms with E-state index >= 15 is 0 Å². The van der Waals surface area contributed by atoms with E-state index in [2.05, 4.69) is 10.0 Å². The number of nitro benzene ring substituents is 1. The average Bonchev–Trinajstić information content (AvgIpc) is 2.56. The lowest BCUT2D eigenvalue weighted by Crippen LogP contribution is -2.41. The van der Waals surface area contributed by atoms with Crippen molar-refractivity contribution in [3.8, 4) is 0 Å². The summed E-state index contributed by atoms with van der Waals surface area (Å²) < 4.78 is 26.8. The molecule has 0 aliphatic heterocycles. The molecule has 8 nitrogen and oxygen atoms in total. The number of rotatable bonds is 6. The zero-order chi connectivity index (χ0) is 19.5. The van der Waals surface area contributed by atoms with Gasteiger partial charge in [-0.05, 0) is 43.7 Å². The first-order chi connectivity index (χ1) is 12.1. The molecule has 0 unspecified atom stereocenters. The van der Waals surface area contributed by atoms with Crippen molar-refractivity contribution in [3.63, 3.8) is 0 Å². The number of nitrogens with one attached hydrogen (secondary N) is 2. The number of non-ortho nitro benzene ring substituents is 1. The second kappa shape index (κ2) is 7.81. The van der Waals surface area contributed by atoms with Crippen molar-refractivity contribution in [2.45, 2.75) is 24.8 Å². The predicted octanol–water partition coefficient (Wildman–Crippen LogP) is 2.86. The highest BCUT2D eigenvalue weighted by molar-refractivity contribution is 7.89.